The van der Waals surface area contributed by atoms with Crippen molar-refractivity contribution in [3.63, 3.8) is 0 Å². The van der Waals surface area contributed by atoms with Crippen molar-refractivity contribution in [1.82, 2.24) is 0 Å². The van der Waals surface area contributed by atoms with Gasteiger partial charge in [0.25, 0.3) is 0 Å². The average molecular weight is 553 g/mol. The molecular formula is C36H28N2O4. The molecule has 0 N–H and O–H groups in total. The molecule has 0 fully saturated rings. The van der Waals surface area contributed by atoms with E-state index >= 15 is 0 Å². The van der Waals surface area contributed by atoms with Crippen molar-refractivity contribution in [2.45, 2.75) is 0 Å². The number of benzene rings is 4. The Morgan fingerprint density at radius 1 is 0.405 bits per heavy atom. The third-order valence-corrected chi connectivity index (χ3v) is 7.24. The molecule has 206 valence electrons. The molecule has 0 saturated heterocycles. The van der Waals surface area contributed by atoms with Gasteiger partial charge >= 0.3 is 0 Å². The van der Waals surface area contributed by atoms with E-state index in [1.807, 2.05) is 97.1 Å². The largest absolute Gasteiger partial charge is 0.497 e. The minimum absolute atomic E-state index is 0.0150. The number of hydrogen-bond donors (Lipinski definition) is 0. The quantitative estimate of drug-likeness (QED) is 0.209. The van der Waals surface area contributed by atoms with Gasteiger partial charge in [-0.25, -0.2) is 0 Å². The minimum atomic E-state index is 0.0150. The second kappa shape index (κ2) is 12.2. The molecule has 4 aromatic carbocycles. The maximum Gasteiger partial charge on any atom is 0.138 e. The van der Waals surface area contributed by atoms with Crippen LogP contribution in [-0.4, -0.2) is 28.4 Å². The van der Waals surface area contributed by atoms with Gasteiger partial charge in [0, 0.05) is 16.7 Å². The molecule has 0 heterocycles. The number of ether oxygens (including phenoxy) is 4. The molecule has 0 bridgehead atoms. The molecule has 6 nitrogen and oxygen atoms in total. The second-order valence-corrected chi connectivity index (χ2v) is 9.39. The van der Waals surface area contributed by atoms with E-state index in [2.05, 4.69) is 12.1 Å². The SMILES string of the molecule is COc1ccc(C2=C(c3ccc(OC)cc3)C(c3ccc(OC)cc3)=C(c3ccc(OC)cc3)C2=C(C#N)C#N)cc1. The van der Waals surface area contributed by atoms with E-state index in [0.29, 0.717) is 17.1 Å². The molecule has 0 saturated carbocycles. The summed E-state index contributed by atoms with van der Waals surface area (Å²) in [4.78, 5) is 0. The van der Waals surface area contributed by atoms with Gasteiger partial charge in [-0.05, 0) is 81.9 Å². The lowest BCUT2D eigenvalue weighted by molar-refractivity contribution is 0.414. The second-order valence-electron chi connectivity index (χ2n) is 9.39. The van der Waals surface area contributed by atoms with Gasteiger partial charge in [-0.15, -0.1) is 0 Å². The van der Waals surface area contributed by atoms with E-state index in [4.69, 9.17) is 18.9 Å². The topological polar surface area (TPSA) is 84.5 Å². The first-order valence-electron chi connectivity index (χ1n) is 13.2. The molecule has 0 spiro atoms. The van der Waals surface area contributed by atoms with Gasteiger partial charge in [0.2, 0.25) is 0 Å². The summed E-state index contributed by atoms with van der Waals surface area (Å²) in [6.07, 6.45) is 0. The summed E-state index contributed by atoms with van der Waals surface area (Å²) in [5, 5.41) is 20.6. The zero-order chi connectivity index (χ0) is 29.6. The van der Waals surface area contributed by atoms with Crippen molar-refractivity contribution < 1.29 is 18.9 Å². The number of nitriles is 2. The fourth-order valence-electron chi connectivity index (χ4n) is 5.20. The molecule has 1 aliphatic carbocycles. The lowest BCUT2D eigenvalue weighted by Crippen LogP contribution is -1.96. The predicted molar refractivity (Wildman–Crippen MR) is 164 cm³/mol. The van der Waals surface area contributed by atoms with Gasteiger partial charge < -0.3 is 18.9 Å². The summed E-state index contributed by atoms with van der Waals surface area (Å²) in [7, 11) is 6.49. The summed E-state index contributed by atoms with van der Waals surface area (Å²) in [5.41, 5.74) is 7.40. The van der Waals surface area contributed by atoms with Crippen LogP contribution in [0.25, 0.3) is 22.3 Å². The Morgan fingerprint density at radius 2 is 0.643 bits per heavy atom. The highest BCUT2D eigenvalue weighted by molar-refractivity contribution is 6.35. The summed E-state index contributed by atoms with van der Waals surface area (Å²) >= 11 is 0. The minimum Gasteiger partial charge on any atom is -0.497 e. The van der Waals surface area contributed by atoms with E-state index in [0.717, 1.165) is 56.0 Å². The van der Waals surface area contributed by atoms with Crippen LogP contribution in [-0.2, 0) is 0 Å². The molecule has 0 radical (unpaired) electrons. The van der Waals surface area contributed by atoms with Gasteiger partial charge in [-0.1, -0.05) is 48.5 Å². The molecule has 5 rings (SSSR count). The standard InChI is InChI=1S/C36H28N2O4/c1-39-28-13-5-23(6-14-28)32-33(24-7-15-29(40-2)16-8-24)35(26-11-19-31(42-4)20-12-26)36(27(21-37)22-38)34(32)25-9-17-30(41-3)18-10-25/h5-20H,1-4H3. The summed E-state index contributed by atoms with van der Waals surface area (Å²) in [5.74, 6) is 2.85. The molecule has 0 atom stereocenters. The van der Waals surface area contributed by atoms with Crippen LogP contribution in [0.4, 0.5) is 0 Å². The highest BCUT2D eigenvalue weighted by atomic mass is 16.5. The normalized spacial score (nSPS) is 12.5. The lowest BCUT2D eigenvalue weighted by atomic mass is 9.88. The Bertz CT molecular complexity index is 1650. The van der Waals surface area contributed by atoms with Gasteiger partial charge in [0.15, 0.2) is 0 Å². The molecule has 0 unspecified atom stereocenters. The first-order chi connectivity index (χ1) is 20.6. The monoisotopic (exact) mass is 552 g/mol. The molecule has 0 aliphatic heterocycles. The van der Waals surface area contributed by atoms with Crippen molar-refractivity contribution >= 4 is 22.3 Å². The number of rotatable bonds is 8. The zero-order valence-electron chi connectivity index (χ0n) is 23.8. The third kappa shape index (κ3) is 5.10. The molecule has 42 heavy (non-hydrogen) atoms. The van der Waals surface area contributed by atoms with Crippen molar-refractivity contribution in [2.75, 3.05) is 28.4 Å². The van der Waals surface area contributed by atoms with E-state index in [9.17, 15) is 10.5 Å². The van der Waals surface area contributed by atoms with Crippen LogP contribution in [0.2, 0.25) is 0 Å². The van der Waals surface area contributed by atoms with Crippen LogP contribution < -0.4 is 18.9 Å². The Morgan fingerprint density at radius 3 is 0.857 bits per heavy atom. The maximum absolute atomic E-state index is 10.3. The van der Waals surface area contributed by atoms with Crippen LogP contribution in [0.1, 0.15) is 22.3 Å². The predicted octanol–water partition coefficient (Wildman–Crippen LogP) is 7.60. The number of hydrogen-bond acceptors (Lipinski definition) is 6. The first-order valence-corrected chi connectivity index (χ1v) is 13.2. The maximum atomic E-state index is 10.3. The van der Waals surface area contributed by atoms with Crippen molar-refractivity contribution in [1.29, 1.82) is 10.5 Å². The number of nitrogens with zero attached hydrogens (tertiary/aromatic N) is 2. The van der Waals surface area contributed by atoms with E-state index < -0.39 is 0 Å². The van der Waals surface area contributed by atoms with E-state index in [-0.39, 0.29) is 5.57 Å². The third-order valence-electron chi connectivity index (χ3n) is 7.24. The van der Waals surface area contributed by atoms with E-state index in [1.54, 1.807) is 28.4 Å². The van der Waals surface area contributed by atoms with E-state index in [1.165, 1.54) is 0 Å². The fourth-order valence-corrected chi connectivity index (χ4v) is 5.20. The summed E-state index contributed by atoms with van der Waals surface area (Å²) < 4.78 is 21.8. The average Bonchev–Trinajstić information content (AvgIpc) is 3.41. The van der Waals surface area contributed by atoms with Crippen molar-refractivity contribution in [3.8, 4) is 35.1 Å². The molecule has 0 amide bonds. The fraction of sp³-hybridized carbons (Fsp3) is 0.111. The van der Waals surface area contributed by atoms with Gasteiger partial charge in [0.05, 0.1) is 28.4 Å². The molecule has 6 heteroatoms. The smallest absolute Gasteiger partial charge is 0.138 e. The van der Waals surface area contributed by atoms with Crippen LogP contribution in [0.3, 0.4) is 0 Å². The summed E-state index contributed by atoms with van der Waals surface area (Å²) in [6, 6.07) is 35.3. The Balaban J connectivity index is 1.96. The molecular weight excluding hydrogens is 524 g/mol. The van der Waals surface area contributed by atoms with Gasteiger partial charge in [0.1, 0.15) is 40.7 Å². The summed E-state index contributed by atoms with van der Waals surface area (Å²) in [6.45, 7) is 0. The lowest BCUT2D eigenvalue weighted by Gasteiger charge is -2.15. The van der Waals surface area contributed by atoms with Gasteiger partial charge in [-0.3, -0.25) is 0 Å². The molecule has 0 aromatic heterocycles. The Hall–Kier alpha value is -5.72. The van der Waals surface area contributed by atoms with Crippen LogP contribution in [0.15, 0.2) is 108 Å². The van der Waals surface area contributed by atoms with Crippen molar-refractivity contribution in [2.24, 2.45) is 0 Å². The highest BCUT2D eigenvalue weighted by Crippen LogP contribution is 2.56. The molecule has 4 aromatic rings. The zero-order valence-corrected chi connectivity index (χ0v) is 23.8. The van der Waals surface area contributed by atoms with Crippen LogP contribution >= 0.6 is 0 Å². The number of allylic oxidation sites excluding steroid dienone is 6. The van der Waals surface area contributed by atoms with Crippen molar-refractivity contribution in [3.05, 3.63) is 130 Å². The first kappa shape index (κ1) is 27.8. The van der Waals surface area contributed by atoms with Gasteiger partial charge in [-0.2, -0.15) is 10.5 Å². The Kier molecular flexibility index (Phi) is 8.09. The Labute approximate surface area is 245 Å². The van der Waals surface area contributed by atoms with Crippen LogP contribution in [0, 0.1) is 22.7 Å². The highest BCUT2D eigenvalue weighted by Gasteiger charge is 2.35. The van der Waals surface area contributed by atoms with Crippen LogP contribution in [0.5, 0.6) is 23.0 Å². The number of methoxy groups -OCH3 is 4. The molecule has 1 aliphatic rings.